The van der Waals surface area contributed by atoms with Gasteiger partial charge in [-0.3, -0.25) is 4.79 Å². The van der Waals surface area contributed by atoms with Crippen LogP contribution in [0.5, 0.6) is 11.5 Å². The van der Waals surface area contributed by atoms with Gasteiger partial charge in [0.05, 0.1) is 32.1 Å². The van der Waals surface area contributed by atoms with E-state index in [0.717, 1.165) is 53.3 Å². The molecule has 0 unspecified atom stereocenters. The van der Waals surface area contributed by atoms with Gasteiger partial charge in [-0.05, 0) is 61.9 Å². The van der Waals surface area contributed by atoms with Crippen LogP contribution in [0.3, 0.4) is 0 Å². The number of benzene rings is 2. The molecule has 0 aromatic heterocycles. The molecule has 0 N–H and O–H groups in total. The Hall–Kier alpha value is -2.93. The van der Waals surface area contributed by atoms with Gasteiger partial charge in [0, 0.05) is 6.42 Å². The number of likely N-dealkylation sites (N-methyl/N-ethyl adjacent to an activating group) is 1. The Balaban J connectivity index is 1.56. The summed E-state index contributed by atoms with van der Waals surface area (Å²) in [7, 11) is 4.25. The number of esters is 1. The van der Waals surface area contributed by atoms with E-state index in [0.29, 0.717) is 26.2 Å². The topological polar surface area (TPSA) is 69.5 Å². The van der Waals surface area contributed by atoms with Gasteiger partial charge in [0.2, 0.25) is 0 Å². The summed E-state index contributed by atoms with van der Waals surface area (Å²) >= 11 is 0. The minimum absolute atomic E-state index is 0.0750. The van der Waals surface area contributed by atoms with Crippen LogP contribution in [-0.2, 0) is 9.53 Å². The summed E-state index contributed by atoms with van der Waals surface area (Å²) in [5.41, 5.74) is 1.53. The minimum Gasteiger partial charge on any atom is -0.494 e. The molecule has 0 bridgehead atoms. The van der Waals surface area contributed by atoms with Gasteiger partial charge in [-0.1, -0.05) is 58.3 Å². The number of ether oxygens (including phenoxy) is 3. The largest absolute Gasteiger partial charge is 0.494 e. The fourth-order valence-electron chi connectivity index (χ4n) is 4.08. The summed E-state index contributed by atoms with van der Waals surface area (Å²) in [6.45, 7) is 7.44. The van der Waals surface area contributed by atoms with Gasteiger partial charge >= 0.3 is 5.97 Å². The third-order valence-electron chi connectivity index (χ3n) is 6.67. The number of carbonyl (C=O) groups excluding carboxylic acids is 1. The van der Waals surface area contributed by atoms with Crippen LogP contribution in [0.1, 0.15) is 78.1 Å². The van der Waals surface area contributed by atoms with Crippen LogP contribution in [0.25, 0.3) is 0 Å². The van der Waals surface area contributed by atoms with Gasteiger partial charge in [-0.2, -0.15) is 10.2 Å². The van der Waals surface area contributed by atoms with Crippen LogP contribution in [0, 0.1) is 0 Å². The van der Waals surface area contributed by atoms with E-state index in [1.54, 1.807) is 0 Å². The van der Waals surface area contributed by atoms with Crippen LogP contribution in [-0.4, -0.2) is 57.5 Å². The monoisotopic (exact) mass is 540 g/mol. The van der Waals surface area contributed by atoms with E-state index in [4.69, 9.17) is 14.2 Å². The van der Waals surface area contributed by atoms with E-state index in [1.807, 2.05) is 55.5 Å². The molecule has 7 heteroatoms. The van der Waals surface area contributed by atoms with Crippen molar-refractivity contribution in [2.24, 2.45) is 10.2 Å². The molecule has 0 saturated heterocycles. The maximum Gasteiger partial charge on any atom is 0.305 e. The molecule has 0 aliphatic carbocycles. The van der Waals surface area contributed by atoms with Crippen LogP contribution in [0.15, 0.2) is 58.8 Å². The molecule has 0 atom stereocenters. The zero-order chi connectivity index (χ0) is 28.2. The van der Waals surface area contributed by atoms with Crippen LogP contribution in [0.4, 0.5) is 11.4 Å². The van der Waals surface area contributed by atoms with Crippen molar-refractivity contribution >= 4 is 17.3 Å². The van der Waals surface area contributed by atoms with Crippen molar-refractivity contribution in [2.75, 3.05) is 47.0 Å². The lowest BCUT2D eigenvalue weighted by Gasteiger charge is -2.29. The normalized spacial score (nSPS) is 11.6. The number of rotatable bonds is 21. The number of hydrogen-bond donors (Lipinski definition) is 0. The molecule has 216 valence electrons. The Morgan fingerprint density at radius 1 is 0.667 bits per heavy atom. The van der Waals surface area contributed by atoms with Gasteiger partial charge in [-0.25, -0.2) is 0 Å². The van der Waals surface area contributed by atoms with E-state index >= 15 is 0 Å². The Labute approximate surface area is 236 Å². The highest BCUT2D eigenvalue weighted by Crippen LogP contribution is 2.23. The van der Waals surface area contributed by atoms with Gasteiger partial charge in [0.1, 0.15) is 37.8 Å². The molecule has 0 aliphatic rings. The molecule has 2 aromatic rings. The first-order valence-electron chi connectivity index (χ1n) is 14.8. The summed E-state index contributed by atoms with van der Waals surface area (Å²) in [6.07, 6.45) is 11.8. The average molecular weight is 541 g/mol. The van der Waals surface area contributed by atoms with E-state index < -0.39 is 0 Å². The number of quaternary nitrogens is 1. The summed E-state index contributed by atoms with van der Waals surface area (Å²) < 4.78 is 17.6. The summed E-state index contributed by atoms with van der Waals surface area (Å²) in [5.74, 6) is 1.54. The Morgan fingerprint density at radius 2 is 1.15 bits per heavy atom. The van der Waals surface area contributed by atoms with E-state index in [2.05, 4.69) is 31.2 Å². The molecule has 7 nitrogen and oxygen atoms in total. The first-order valence-corrected chi connectivity index (χ1v) is 14.8. The van der Waals surface area contributed by atoms with Gasteiger partial charge in [0.15, 0.2) is 0 Å². The van der Waals surface area contributed by atoms with Gasteiger partial charge in [-0.15, -0.1) is 0 Å². The summed E-state index contributed by atoms with van der Waals surface area (Å²) in [4.78, 5) is 12.1. The third-order valence-corrected chi connectivity index (χ3v) is 6.67. The molecule has 0 fully saturated rings. The van der Waals surface area contributed by atoms with E-state index in [9.17, 15) is 4.79 Å². The van der Waals surface area contributed by atoms with Crippen LogP contribution in [0.2, 0.25) is 0 Å². The highest BCUT2D eigenvalue weighted by atomic mass is 16.5. The molecule has 0 heterocycles. The molecule has 0 radical (unpaired) electrons. The fraction of sp³-hybridized carbons (Fsp3) is 0.594. The van der Waals surface area contributed by atoms with Crippen molar-refractivity contribution in [2.45, 2.75) is 78.1 Å². The Bertz CT molecular complexity index is 943. The van der Waals surface area contributed by atoms with E-state index in [1.165, 1.54) is 44.9 Å². The maximum atomic E-state index is 12.1. The number of hydrogen-bond acceptors (Lipinski definition) is 6. The molecule has 2 aromatic carbocycles. The minimum atomic E-state index is -0.0750. The standard InChI is InChI=1S/C32H50N3O4/c1-5-7-8-9-10-11-12-13-14-15-32(36)39-27-25-35(3,4)24-26-38-31-22-18-29(19-23-31)34-33-28-16-20-30(21-17-28)37-6-2/h16-23H,5-15,24-27H2,1-4H3/q+1. The lowest BCUT2D eigenvalue weighted by molar-refractivity contribution is -0.890. The van der Waals surface area contributed by atoms with Crippen molar-refractivity contribution in [3.8, 4) is 11.5 Å². The SMILES string of the molecule is CCCCCCCCCCCC(=O)OCC[N+](C)(C)CCOc1ccc(N=Nc2ccc(OCC)cc2)cc1. The highest BCUT2D eigenvalue weighted by Gasteiger charge is 2.16. The smallest absolute Gasteiger partial charge is 0.305 e. The molecule has 0 aliphatic heterocycles. The van der Waals surface area contributed by atoms with Crippen LogP contribution >= 0.6 is 0 Å². The number of carbonyl (C=O) groups is 1. The first-order chi connectivity index (χ1) is 18.9. The number of azo groups is 1. The predicted molar refractivity (Wildman–Crippen MR) is 158 cm³/mol. The molecule has 2 rings (SSSR count). The molecule has 0 amide bonds. The summed E-state index contributed by atoms with van der Waals surface area (Å²) in [6, 6.07) is 15.1. The second-order valence-electron chi connectivity index (χ2n) is 10.7. The van der Waals surface area contributed by atoms with Gasteiger partial charge < -0.3 is 18.7 Å². The number of nitrogens with zero attached hydrogens (tertiary/aromatic N) is 3. The zero-order valence-electron chi connectivity index (χ0n) is 24.7. The molecular formula is C32H50N3O4+. The van der Waals surface area contributed by atoms with Crippen molar-refractivity contribution < 1.29 is 23.5 Å². The number of unbranched alkanes of at least 4 members (excludes halogenated alkanes) is 8. The molecule has 39 heavy (non-hydrogen) atoms. The Kier molecular flexibility index (Phi) is 15.9. The zero-order valence-corrected chi connectivity index (χ0v) is 24.7. The fourth-order valence-corrected chi connectivity index (χ4v) is 4.08. The maximum absolute atomic E-state index is 12.1. The third kappa shape index (κ3) is 15.3. The van der Waals surface area contributed by atoms with Crippen molar-refractivity contribution in [3.05, 3.63) is 48.5 Å². The Morgan fingerprint density at radius 3 is 1.69 bits per heavy atom. The van der Waals surface area contributed by atoms with Crippen LogP contribution < -0.4 is 9.47 Å². The summed E-state index contributed by atoms with van der Waals surface area (Å²) in [5, 5.41) is 8.56. The highest BCUT2D eigenvalue weighted by molar-refractivity contribution is 5.69. The lowest BCUT2D eigenvalue weighted by atomic mass is 10.1. The quantitative estimate of drug-likeness (QED) is 0.0689. The molecule has 0 saturated carbocycles. The lowest BCUT2D eigenvalue weighted by Crippen LogP contribution is -2.45. The molecular weight excluding hydrogens is 490 g/mol. The van der Waals surface area contributed by atoms with E-state index in [-0.39, 0.29) is 5.97 Å². The predicted octanol–water partition coefficient (Wildman–Crippen LogP) is 8.42. The first kappa shape index (κ1) is 32.3. The second kappa shape index (κ2) is 19.2. The van der Waals surface area contributed by atoms with Crippen molar-refractivity contribution in [1.82, 2.24) is 0 Å². The molecule has 0 spiro atoms. The van der Waals surface area contributed by atoms with Crippen molar-refractivity contribution in [3.63, 3.8) is 0 Å². The second-order valence-corrected chi connectivity index (χ2v) is 10.7. The van der Waals surface area contributed by atoms with Crippen molar-refractivity contribution in [1.29, 1.82) is 0 Å². The average Bonchev–Trinajstić information content (AvgIpc) is 2.92. The van der Waals surface area contributed by atoms with Gasteiger partial charge in [0.25, 0.3) is 0 Å².